The van der Waals surface area contributed by atoms with E-state index < -0.39 is 0 Å². The molecule has 0 radical (unpaired) electrons. The summed E-state index contributed by atoms with van der Waals surface area (Å²) in [5.41, 5.74) is 9.46. The summed E-state index contributed by atoms with van der Waals surface area (Å²) in [5.74, 6) is 0. The van der Waals surface area contributed by atoms with Crippen LogP contribution in [0.15, 0.2) is 24.3 Å². The maximum absolute atomic E-state index is 5.53. The molecule has 2 aromatic rings. The van der Waals surface area contributed by atoms with E-state index in [1.165, 1.54) is 22.2 Å². The van der Waals surface area contributed by atoms with Gasteiger partial charge in [-0.1, -0.05) is 18.2 Å². The third-order valence-electron chi connectivity index (χ3n) is 2.66. The zero-order valence-electron chi connectivity index (χ0n) is 8.51. The predicted molar refractivity (Wildman–Crippen MR) is 60.4 cm³/mol. The highest BCUT2D eigenvalue weighted by atomic mass is 14.7. The second-order valence-corrected chi connectivity index (χ2v) is 3.67. The molecule has 1 heterocycles. The van der Waals surface area contributed by atoms with Crippen LogP contribution in [0.3, 0.4) is 0 Å². The van der Waals surface area contributed by atoms with Crippen molar-refractivity contribution >= 4 is 10.9 Å². The van der Waals surface area contributed by atoms with Gasteiger partial charge in [-0.2, -0.15) is 0 Å². The summed E-state index contributed by atoms with van der Waals surface area (Å²) in [6.07, 6.45) is 2.13. The molecule has 1 aromatic carbocycles. The second-order valence-electron chi connectivity index (χ2n) is 3.67. The fraction of sp³-hybridized carbons (Fsp3) is 0.333. The number of nitrogens with one attached hydrogen (secondary N) is 1. The Morgan fingerprint density at radius 3 is 2.86 bits per heavy atom. The predicted octanol–water partition coefficient (Wildman–Crippen LogP) is 2.37. The number of hydrogen-bond acceptors (Lipinski definition) is 1. The molecular formula is C12H16N2. The number of benzene rings is 1. The Balaban J connectivity index is 2.45. The molecule has 0 saturated carbocycles. The van der Waals surface area contributed by atoms with Crippen LogP contribution in [0.5, 0.6) is 0 Å². The summed E-state index contributed by atoms with van der Waals surface area (Å²) >= 11 is 0. The number of rotatable bonds is 3. The van der Waals surface area contributed by atoms with Gasteiger partial charge in [-0.25, -0.2) is 0 Å². The molecule has 0 spiro atoms. The van der Waals surface area contributed by atoms with Gasteiger partial charge in [0.2, 0.25) is 0 Å². The van der Waals surface area contributed by atoms with E-state index in [0.29, 0.717) is 0 Å². The molecule has 0 bridgehead atoms. The number of aryl methyl sites for hydroxylation is 2. The number of hydrogen-bond donors (Lipinski definition) is 2. The van der Waals surface area contributed by atoms with Crippen molar-refractivity contribution in [1.82, 2.24) is 4.98 Å². The van der Waals surface area contributed by atoms with Gasteiger partial charge in [-0.15, -0.1) is 0 Å². The van der Waals surface area contributed by atoms with Crippen LogP contribution in [0.2, 0.25) is 0 Å². The third kappa shape index (κ3) is 1.53. The summed E-state index contributed by atoms with van der Waals surface area (Å²) in [7, 11) is 0. The molecule has 74 valence electrons. The van der Waals surface area contributed by atoms with Gasteiger partial charge in [-0.3, -0.25) is 0 Å². The lowest BCUT2D eigenvalue weighted by Crippen LogP contribution is -2.00. The molecule has 0 atom stereocenters. The van der Waals surface area contributed by atoms with E-state index in [9.17, 15) is 0 Å². The molecule has 0 fully saturated rings. The summed E-state index contributed by atoms with van der Waals surface area (Å²) in [6, 6.07) is 8.44. The van der Waals surface area contributed by atoms with E-state index >= 15 is 0 Å². The SMILES string of the molecule is Cc1[nH]c2ccccc2c1CCCN. The van der Waals surface area contributed by atoms with E-state index in [2.05, 4.69) is 36.2 Å². The Hall–Kier alpha value is -1.28. The van der Waals surface area contributed by atoms with Gasteiger partial charge in [0.15, 0.2) is 0 Å². The smallest absolute Gasteiger partial charge is 0.0458 e. The molecule has 2 nitrogen and oxygen atoms in total. The first-order chi connectivity index (χ1) is 6.83. The lowest BCUT2D eigenvalue weighted by molar-refractivity contribution is 0.831. The van der Waals surface area contributed by atoms with Gasteiger partial charge in [0.1, 0.15) is 0 Å². The van der Waals surface area contributed by atoms with Crippen LogP contribution in [0, 0.1) is 6.92 Å². The van der Waals surface area contributed by atoms with E-state index in [1.54, 1.807) is 0 Å². The number of fused-ring (bicyclic) bond motifs is 1. The summed E-state index contributed by atoms with van der Waals surface area (Å²) in [6.45, 7) is 2.89. The lowest BCUT2D eigenvalue weighted by Gasteiger charge is -1.98. The Morgan fingerprint density at radius 1 is 1.29 bits per heavy atom. The quantitative estimate of drug-likeness (QED) is 0.763. The van der Waals surface area contributed by atoms with Crippen LogP contribution in [0.1, 0.15) is 17.7 Å². The van der Waals surface area contributed by atoms with E-state index in [4.69, 9.17) is 5.73 Å². The Labute approximate surface area is 84.1 Å². The Bertz CT molecular complexity index is 429. The van der Waals surface area contributed by atoms with Crippen LogP contribution in [-0.4, -0.2) is 11.5 Å². The summed E-state index contributed by atoms with van der Waals surface area (Å²) in [5, 5.41) is 1.35. The highest BCUT2D eigenvalue weighted by Gasteiger charge is 2.06. The lowest BCUT2D eigenvalue weighted by atomic mass is 10.1. The molecule has 0 amide bonds. The van der Waals surface area contributed by atoms with Crippen LogP contribution >= 0.6 is 0 Å². The van der Waals surface area contributed by atoms with Crippen molar-refractivity contribution in [2.24, 2.45) is 5.73 Å². The topological polar surface area (TPSA) is 41.8 Å². The number of H-pyrrole nitrogens is 1. The van der Waals surface area contributed by atoms with Crippen LogP contribution in [-0.2, 0) is 6.42 Å². The number of nitrogens with two attached hydrogens (primary N) is 1. The van der Waals surface area contributed by atoms with Crippen LogP contribution in [0.25, 0.3) is 10.9 Å². The second kappa shape index (κ2) is 3.84. The minimum atomic E-state index is 0.763. The van der Waals surface area contributed by atoms with Crippen molar-refractivity contribution < 1.29 is 0 Å². The average Bonchev–Trinajstić information content (AvgIpc) is 2.51. The van der Waals surface area contributed by atoms with Gasteiger partial charge >= 0.3 is 0 Å². The molecule has 0 unspecified atom stereocenters. The van der Waals surface area contributed by atoms with Crippen molar-refractivity contribution in [1.29, 1.82) is 0 Å². The maximum atomic E-state index is 5.53. The van der Waals surface area contributed by atoms with E-state index in [-0.39, 0.29) is 0 Å². The van der Waals surface area contributed by atoms with Crippen LogP contribution in [0.4, 0.5) is 0 Å². The molecule has 0 aliphatic heterocycles. The molecule has 2 rings (SSSR count). The van der Waals surface area contributed by atoms with Crippen molar-refractivity contribution in [2.75, 3.05) is 6.54 Å². The van der Waals surface area contributed by atoms with Crippen LogP contribution < -0.4 is 5.73 Å². The highest BCUT2D eigenvalue weighted by Crippen LogP contribution is 2.22. The number of para-hydroxylation sites is 1. The zero-order valence-corrected chi connectivity index (χ0v) is 8.51. The van der Waals surface area contributed by atoms with Crippen molar-refractivity contribution in [3.8, 4) is 0 Å². The van der Waals surface area contributed by atoms with E-state index in [1.807, 2.05) is 0 Å². The van der Waals surface area contributed by atoms with Gasteiger partial charge in [-0.05, 0) is 37.9 Å². The van der Waals surface area contributed by atoms with Gasteiger partial charge < -0.3 is 10.7 Å². The molecule has 14 heavy (non-hydrogen) atoms. The van der Waals surface area contributed by atoms with Gasteiger partial charge in [0.25, 0.3) is 0 Å². The monoisotopic (exact) mass is 188 g/mol. The highest BCUT2D eigenvalue weighted by molar-refractivity contribution is 5.84. The van der Waals surface area contributed by atoms with Gasteiger partial charge in [0, 0.05) is 16.6 Å². The fourth-order valence-corrected chi connectivity index (χ4v) is 1.94. The molecule has 1 aromatic heterocycles. The largest absolute Gasteiger partial charge is 0.358 e. The third-order valence-corrected chi connectivity index (χ3v) is 2.66. The van der Waals surface area contributed by atoms with Gasteiger partial charge in [0.05, 0.1) is 0 Å². The molecule has 0 aliphatic rings. The number of aromatic amines is 1. The molecule has 0 aliphatic carbocycles. The van der Waals surface area contributed by atoms with E-state index in [0.717, 1.165) is 19.4 Å². The molecule has 0 saturated heterocycles. The minimum absolute atomic E-state index is 0.763. The Kier molecular flexibility index (Phi) is 2.55. The Morgan fingerprint density at radius 2 is 2.07 bits per heavy atom. The van der Waals surface area contributed by atoms with Crippen molar-refractivity contribution in [2.45, 2.75) is 19.8 Å². The van der Waals surface area contributed by atoms with Crippen molar-refractivity contribution in [3.63, 3.8) is 0 Å². The molecular weight excluding hydrogens is 172 g/mol. The normalized spacial score (nSPS) is 11.0. The first-order valence-electron chi connectivity index (χ1n) is 5.09. The zero-order chi connectivity index (χ0) is 9.97. The summed E-state index contributed by atoms with van der Waals surface area (Å²) < 4.78 is 0. The fourth-order valence-electron chi connectivity index (χ4n) is 1.94. The maximum Gasteiger partial charge on any atom is 0.0458 e. The minimum Gasteiger partial charge on any atom is -0.358 e. The molecule has 2 heteroatoms. The first-order valence-corrected chi connectivity index (χ1v) is 5.09. The summed E-state index contributed by atoms with van der Waals surface area (Å²) in [4.78, 5) is 3.40. The standard InChI is InChI=1S/C12H16N2/c1-9-10(6-4-8-13)11-5-2-3-7-12(11)14-9/h2-3,5,7,14H,4,6,8,13H2,1H3. The average molecular weight is 188 g/mol. The first kappa shape index (κ1) is 9.28. The van der Waals surface area contributed by atoms with Crippen molar-refractivity contribution in [3.05, 3.63) is 35.5 Å². The number of aromatic nitrogens is 1. The molecule has 3 N–H and O–H groups in total.